The number of rotatable bonds is 4. The fraction of sp³-hybridized carbons (Fsp3) is 1.00. The molecule has 0 amide bonds. The van der Waals surface area contributed by atoms with Crippen molar-refractivity contribution < 1.29 is 8.42 Å². The molecule has 2 saturated heterocycles. The summed E-state index contributed by atoms with van der Waals surface area (Å²) in [5.41, 5.74) is 0. The predicted octanol–water partition coefficient (Wildman–Crippen LogP) is 0.836. The third-order valence-corrected chi connectivity index (χ3v) is 5.59. The van der Waals surface area contributed by atoms with Gasteiger partial charge in [-0.3, -0.25) is 0 Å². The first-order valence-electron chi connectivity index (χ1n) is 7.03. The normalized spacial score (nSPS) is 31.1. The Kier molecular flexibility index (Phi) is 4.64. The van der Waals surface area contributed by atoms with Crippen molar-refractivity contribution in [1.82, 2.24) is 14.3 Å². The summed E-state index contributed by atoms with van der Waals surface area (Å²) in [7, 11) is -3.33. The van der Waals surface area contributed by atoms with Gasteiger partial charge in [-0.05, 0) is 46.1 Å². The Morgan fingerprint density at radius 1 is 1.22 bits per heavy atom. The smallest absolute Gasteiger partial charge is 0.279 e. The van der Waals surface area contributed by atoms with Crippen molar-refractivity contribution in [3.05, 3.63) is 0 Å². The zero-order chi connectivity index (χ0) is 13.2. The van der Waals surface area contributed by atoms with E-state index in [1.807, 2.05) is 13.8 Å². The quantitative estimate of drug-likeness (QED) is 0.799. The monoisotopic (exact) mass is 275 g/mol. The fourth-order valence-electron chi connectivity index (χ4n) is 3.04. The summed E-state index contributed by atoms with van der Waals surface area (Å²) < 4.78 is 29.1. The molecular formula is C12H25N3O2S. The van der Waals surface area contributed by atoms with Crippen LogP contribution in [0.25, 0.3) is 0 Å². The third kappa shape index (κ3) is 3.23. The molecule has 2 N–H and O–H groups in total. The summed E-state index contributed by atoms with van der Waals surface area (Å²) in [6.45, 7) is 5.41. The second-order valence-electron chi connectivity index (χ2n) is 5.65. The second kappa shape index (κ2) is 5.86. The van der Waals surface area contributed by atoms with E-state index in [4.69, 9.17) is 0 Å². The van der Waals surface area contributed by atoms with Gasteiger partial charge < -0.3 is 5.32 Å². The minimum absolute atomic E-state index is 0.0471. The van der Waals surface area contributed by atoms with Crippen molar-refractivity contribution in [3.8, 4) is 0 Å². The number of nitrogens with zero attached hydrogens (tertiary/aromatic N) is 1. The second-order valence-corrected chi connectivity index (χ2v) is 7.31. The Morgan fingerprint density at radius 2 is 2.00 bits per heavy atom. The summed E-state index contributed by atoms with van der Waals surface area (Å²) in [6, 6.07) is 0.431. The van der Waals surface area contributed by atoms with E-state index in [-0.39, 0.29) is 12.1 Å². The molecule has 2 rings (SSSR count). The van der Waals surface area contributed by atoms with Crippen molar-refractivity contribution in [2.45, 2.75) is 64.1 Å². The van der Waals surface area contributed by atoms with E-state index < -0.39 is 10.2 Å². The van der Waals surface area contributed by atoms with Crippen LogP contribution in [0, 0.1) is 0 Å². The van der Waals surface area contributed by atoms with Gasteiger partial charge in [0.25, 0.3) is 10.2 Å². The lowest BCUT2D eigenvalue weighted by Crippen LogP contribution is -2.56. The van der Waals surface area contributed by atoms with Gasteiger partial charge in [0.1, 0.15) is 0 Å². The van der Waals surface area contributed by atoms with E-state index in [1.165, 1.54) is 0 Å². The molecule has 18 heavy (non-hydrogen) atoms. The third-order valence-electron chi connectivity index (χ3n) is 3.75. The van der Waals surface area contributed by atoms with E-state index >= 15 is 0 Å². The first-order valence-corrected chi connectivity index (χ1v) is 8.47. The van der Waals surface area contributed by atoms with Gasteiger partial charge in [-0.25, -0.2) is 0 Å². The molecule has 0 bridgehead atoms. The van der Waals surface area contributed by atoms with Crippen molar-refractivity contribution >= 4 is 10.2 Å². The first kappa shape index (κ1) is 14.2. The molecule has 2 fully saturated rings. The molecule has 2 aliphatic rings. The molecule has 5 nitrogen and oxygen atoms in total. The van der Waals surface area contributed by atoms with E-state index in [2.05, 4.69) is 10.0 Å². The lowest BCUT2D eigenvalue weighted by Gasteiger charge is -2.38. The number of hydrogen-bond donors (Lipinski definition) is 2. The molecule has 106 valence electrons. The van der Waals surface area contributed by atoms with Crippen LogP contribution in [0.15, 0.2) is 0 Å². The van der Waals surface area contributed by atoms with Crippen LogP contribution in [-0.2, 0) is 10.2 Å². The molecule has 0 radical (unpaired) electrons. The summed E-state index contributed by atoms with van der Waals surface area (Å²) in [5.74, 6) is 0. The van der Waals surface area contributed by atoms with Gasteiger partial charge in [0, 0.05) is 24.7 Å². The maximum Gasteiger partial charge on any atom is 0.279 e. The molecule has 0 aliphatic carbocycles. The maximum atomic E-state index is 12.4. The van der Waals surface area contributed by atoms with Gasteiger partial charge in [0.05, 0.1) is 0 Å². The van der Waals surface area contributed by atoms with Crippen LogP contribution in [-0.4, -0.2) is 43.9 Å². The van der Waals surface area contributed by atoms with Crippen LogP contribution in [0.1, 0.15) is 46.0 Å². The molecular weight excluding hydrogens is 250 g/mol. The summed E-state index contributed by atoms with van der Waals surface area (Å²) >= 11 is 0. The van der Waals surface area contributed by atoms with E-state index in [0.29, 0.717) is 12.6 Å². The average Bonchev–Trinajstić information content (AvgIpc) is 2.80. The molecule has 0 aromatic rings. The highest BCUT2D eigenvalue weighted by atomic mass is 32.2. The van der Waals surface area contributed by atoms with Crippen LogP contribution in [0.4, 0.5) is 0 Å². The zero-order valence-electron chi connectivity index (χ0n) is 11.4. The molecule has 0 spiro atoms. The maximum absolute atomic E-state index is 12.4. The molecule has 2 heterocycles. The van der Waals surface area contributed by atoms with Gasteiger partial charge in [0.2, 0.25) is 0 Å². The molecule has 0 saturated carbocycles. The average molecular weight is 275 g/mol. The summed E-state index contributed by atoms with van der Waals surface area (Å²) in [4.78, 5) is 0. The molecule has 0 aromatic carbocycles. The van der Waals surface area contributed by atoms with Crippen LogP contribution in [0.5, 0.6) is 0 Å². The Balaban J connectivity index is 2.11. The van der Waals surface area contributed by atoms with Gasteiger partial charge in [-0.1, -0.05) is 6.42 Å². The van der Waals surface area contributed by atoms with Crippen LogP contribution in [0.2, 0.25) is 0 Å². The van der Waals surface area contributed by atoms with Gasteiger partial charge >= 0.3 is 0 Å². The number of nitrogens with one attached hydrogen (secondary N) is 2. The van der Waals surface area contributed by atoms with Crippen LogP contribution < -0.4 is 10.0 Å². The highest BCUT2D eigenvalue weighted by Crippen LogP contribution is 2.26. The van der Waals surface area contributed by atoms with Gasteiger partial charge in [-0.15, -0.1) is 0 Å². The predicted molar refractivity (Wildman–Crippen MR) is 72.6 cm³/mol. The lowest BCUT2D eigenvalue weighted by atomic mass is 9.97. The largest absolute Gasteiger partial charge is 0.312 e. The van der Waals surface area contributed by atoms with Crippen molar-refractivity contribution in [2.24, 2.45) is 0 Å². The Labute approximate surface area is 110 Å². The van der Waals surface area contributed by atoms with Crippen molar-refractivity contribution in [2.75, 3.05) is 13.1 Å². The number of piperidine rings is 1. The van der Waals surface area contributed by atoms with Crippen LogP contribution in [0.3, 0.4) is 0 Å². The first-order chi connectivity index (χ1) is 8.50. The highest BCUT2D eigenvalue weighted by Gasteiger charge is 2.37. The summed E-state index contributed by atoms with van der Waals surface area (Å²) in [5, 5.41) is 3.45. The Morgan fingerprint density at radius 3 is 2.61 bits per heavy atom. The lowest BCUT2D eigenvalue weighted by molar-refractivity contribution is 0.208. The highest BCUT2D eigenvalue weighted by molar-refractivity contribution is 7.87. The zero-order valence-corrected chi connectivity index (χ0v) is 12.2. The molecule has 6 heteroatoms. The molecule has 2 aliphatic heterocycles. The Bertz CT molecular complexity index is 364. The molecule has 0 aromatic heterocycles. The van der Waals surface area contributed by atoms with E-state index in [9.17, 15) is 8.42 Å². The van der Waals surface area contributed by atoms with Crippen molar-refractivity contribution in [3.63, 3.8) is 0 Å². The minimum atomic E-state index is -3.33. The van der Waals surface area contributed by atoms with Gasteiger partial charge in [-0.2, -0.15) is 17.4 Å². The topological polar surface area (TPSA) is 61.4 Å². The minimum Gasteiger partial charge on any atom is -0.312 e. The SMILES string of the molecule is CC(C)NS(=O)(=O)N1CCCCC1C1CCCN1. The fourth-order valence-corrected chi connectivity index (χ4v) is 4.75. The van der Waals surface area contributed by atoms with E-state index in [0.717, 1.165) is 38.6 Å². The Hall–Kier alpha value is -0.170. The van der Waals surface area contributed by atoms with Crippen molar-refractivity contribution in [1.29, 1.82) is 0 Å². The molecule has 2 unspecified atom stereocenters. The molecule has 2 atom stereocenters. The van der Waals surface area contributed by atoms with Gasteiger partial charge in [0.15, 0.2) is 0 Å². The van der Waals surface area contributed by atoms with E-state index in [1.54, 1.807) is 4.31 Å². The van der Waals surface area contributed by atoms with Crippen LogP contribution >= 0.6 is 0 Å². The number of hydrogen-bond acceptors (Lipinski definition) is 3. The summed E-state index contributed by atoms with van der Waals surface area (Å²) in [6.07, 6.45) is 5.35. The standard InChI is InChI=1S/C12H25N3O2S/c1-10(2)14-18(16,17)15-9-4-3-7-12(15)11-6-5-8-13-11/h10-14H,3-9H2,1-2H3.